The molecule has 1 aromatic heterocycles. The van der Waals surface area contributed by atoms with E-state index in [0.717, 1.165) is 0 Å². The van der Waals surface area contributed by atoms with Crippen molar-refractivity contribution in [2.24, 2.45) is 5.73 Å². The van der Waals surface area contributed by atoms with Crippen LogP contribution in [0.15, 0.2) is 39.8 Å². The summed E-state index contributed by atoms with van der Waals surface area (Å²) in [5.41, 5.74) is 5.42. The van der Waals surface area contributed by atoms with Crippen molar-refractivity contribution >= 4 is 5.91 Å². The predicted octanol–water partition coefficient (Wildman–Crippen LogP) is -0.657. The topological polar surface area (TPSA) is 93.0 Å². The molecule has 0 saturated carbocycles. The monoisotopic (exact) mass is 206 g/mol. The Bertz CT molecular complexity index is 555. The highest BCUT2D eigenvalue weighted by molar-refractivity contribution is 5.95. The maximum absolute atomic E-state index is 11.1. The zero-order valence-corrected chi connectivity index (χ0v) is 7.64. The van der Waals surface area contributed by atoms with Crippen molar-refractivity contribution in [2.45, 2.75) is 0 Å². The van der Waals surface area contributed by atoms with Crippen LogP contribution in [0.25, 0.3) is 5.69 Å². The summed E-state index contributed by atoms with van der Waals surface area (Å²) in [5, 5.41) is 2.34. The fourth-order valence-electron chi connectivity index (χ4n) is 1.26. The van der Waals surface area contributed by atoms with Gasteiger partial charge in [0.15, 0.2) is 0 Å². The van der Waals surface area contributed by atoms with Crippen LogP contribution >= 0.6 is 0 Å². The number of rotatable bonds is 2. The van der Waals surface area contributed by atoms with Gasteiger partial charge in [0.1, 0.15) is 5.56 Å². The van der Waals surface area contributed by atoms with E-state index in [1.54, 1.807) is 24.3 Å². The van der Waals surface area contributed by atoms with Gasteiger partial charge in [-0.3, -0.25) is 9.32 Å². The summed E-state index contributed by atoms with van der Waals surface area (Å²) in [5.74, 6) is -0.569. The minimum absolute atomic E-state index is 0.305. The predicted molar refractivity (Wildman–Crippen MR) is 49.4 cm³/mol. The number of amides is 1. The molecule has 0 aliphatic carbocycles. The number of primary amides is 1. The van der Waals surface area contributed by atoms with Crippen LogP contribution in [-0.4, -0.2) is 11.2 Å². The molecular weight excluding hydrogens is 198 g/mol. The number of benzene rings is 1. The molecule has 0 radical (unpaired) electrons. The summed E-state index contributed by atoms with van der Waals surface area (Å²) in [6, 6.07) is 6.62. The van der Waals surface area contributed by atoms with Crippen LogP contribution in [0.3, 0.4) is 0 Å². The molecule has 1 amide bonds. The number of aromatic amines is 1. The van der Waals surface area contributed by atoms with Crippen molar-refractivity contribution in [2.75, 3.05) is 0 Å². The molecule has 76 valence electrons. The van der Waals surface area contributed by atoms with E-state index in [0.29, 0.717) is 11.3 Å². The van der Waals surface area contributed by atoms with Crippen LogP contribution in [0, 0.1) is 0 Å². The number of hydrogen-bond donors (Lipinski definition) is 2. The van der Waals surface area contributed by atoms with E-state index in [4.69, 9.17) is 5.73 Å². The van der Waals surface area contributed by atoms with E-state index >= 15 is 0 Å². The van der Waals surface area contributed by atoms with Gasteiger partial charge in [0, 0.05) is 6.07 Å². The Kier molecular flexibility index (Phi) is 2.09. The van der Waals surface area contributed by atoms with Gasteiger partial charge < -0.3 is 5.73 Å². The summed E-state index contributed by atoms with van der Waals surface area (Å²) < 4.78 is 5.78. The highest BCUT2D eigenvalue weighted by Gasteiger charge is 2.18. The minimum Gasteiger partial charge on any atom is -0.365 e. The van der Waals surface area contributed by atoms with E-state index in [1.165, 1.54) is 10.9 Å². The summed E-state index contributed by atoms with van der Waals surface area (Å²) in [6.45, 7) is 0. The quantitative estimate of drug-likeness (QED) is 0.639. The van der Waals surface area contributed by atoms with Crippen LogP contribution in [0.2, 0.25) is 0 Å². The molecule has 6 heteroatoms. The fourth-order valence-corrected chi connectivity index (χ4v) is 1.26. The maximum Gasteiger partial charge on any atom is 0.427 e. The van der Waals surface area contributed by atoms with Crippen molar-refractivity contribution in [3.63, 3.8) is 0 Å². The molecule has 1 heterocycles. The fraction of sp³-hybridized carbons (Fsp3) is 0. The zero-order valence-electron chi connectivity index (χ0n) is 7.64. The smallest absolute Gasteiger partial charge is 0.365 e. The molecule has 2 aromatic rings. The molecule has 6 nitrogen and oxygen atoms in total. The van der Waals surface area contributed by atoms with Gasteiger partial charge in [-0.05, 0) is 16.0 Å². The third-order valence-corrected chi connectivity index (χ3v) is 1.91. The number of nitrogens with one attached hydrogen (secondary N) is 1. The highest BCUT2D eigenvalue weighted by Crippen LogP contribution is 2.05. The lowest BCUT2D eigenvalue weighted by Gasteiger charge is -1.95. The molecule has 0 fully saturated rings. The van der Waals surface area contributed by atoms with Gasteiger partial charge in [0.05, 0.1) is 0 Å². The number of hydrogen-bond acceptors (Lipinski definition) is 3. The maximum atomic E-state index is 11.1. The molecule has 0 aliphatic heterocycles. The lowest BCUT2D eigenvalue weighted by Crippen LogP contribution is -2.35. The summed E-state index contributed by atoms with van der Waals surface area (Å²) in [7, 11) is 0. The number of nitrogens with two attached hydrogens (primary N) is 1. The number of carbonyl (C=O) groups excluding carboxylic acids is 1. The molecular formula is C9H8N3O3+. The first-order chi connectivity index (χ1) is 7.18. The van der Waals surface area contributed by atoms with Gasteiger partial charge >= 0.3 is 5.63 Å². The van der Waals surface area contributed by atoms with Gasteiger partial charge in [-0.15, -0.1) is 0 Å². The molecule has 0 bridgehead atoms. The number of nitrogens with zero attached hydrogens (tertiary/aromatic N) is 1. The molecule has 0 aliphatic rings. The van der Waals surface area contributed by atoms with E-state index in [9.17, 15) is 9.59 Å². The third-order valence-electron chi connectivity index (χ3n) is 1.91. The van der Waals surface area contributed by atoms with Crippen LogP contribution in [-0.2, 0) is 0 Å². The van der Waals surface area contributed by atoms with Crippen LogP contribution in [0.1, 0.15) is 10.4 Å². The lowest BCUT2D eigenvalue weighted by atomic mass is 10.2. The zero-order chi connectivity index (χ0) is 10.8. The van der Waals surface area contributed by atoms with Gasteiger partial charge in [-0.25, -0.2) is 4.79 Å². The van der Waals surface area contributed by atoms with E-state index in [2.05, 4.69) is 9.79 Å². The third kappa shape index (κ3) is 1.64. The largest absolute Gasteiger partial charge is 0.427 e. The minimum atomic E-state index is -0.569. The normalized spacial score (nSPS) is 10.1. The molecule has 0 atom stereocenters. The Morgan fingerprint density at radius 3 is 2.73 bits per heavy atom. The Morgan fingerprint density at radius 2 is 2.13 bits per heavy atom. The molecule has 15 heavy (non-hydrogen) atoms. The van der Waals surface area contributed by atoms with Gasteiger partial charge in [-0.2, -0.15) is 0 Å². The Morgan fingerprint density at radius 1 is 1.40 bits per heavy atom. The van der Waals surface area contributed by atoms with E-state index in [1.807, 2.05) is 0 Å². The first kappa shape index (κ1) is 9.20. The van der Waals surface area contributed by atoms with E-state index in [-0.39, 0.29) is 0 Å². The van der Waals surface area contributed by atoms with Crippen molar-refractivity contribution in [1.29, 1.82) is 0 Å². The molecule has 2 rings (SSSR count). The molecule has 0 spiro atoms. The molecule has 3 N–H and O–H groups in total. The molecule has 0 saturated heterocycles. The van der Waals surface area contributed by atoms with Crippen LogP contribution < -0.4 is 16.0 Å². The second-order valence-electron chi connectivity index (χ2n) is 2.89. The molecule has 1 aromatic carbocycles. The summed E-state index contributed by atoms with van der Waals surface area (Å²) >= 11 is 0. The van der Waals surface area contributed by atoms with Crippen LogP contribution in [0.4, 0.5) is 0 Å². The average molecular weight is 206 g/mol. The lowest BCUT2D eigenvalue weighted by molar-refractivity contribution is -0.670. The first-order valence-corrected chi connectivity index (χ1v) is 4.18. The van der Waals surface area contributed by atoms with Crippen molar-refractivity contribution in [3.05, 3.63) is 46.4 Å². The van der Waals surface area contributed by atoms with Crippen molar-refractivity contribution in [3.8, 4) is 5.69 Å². The van der Waals surface area contributed by atoms with Gasteiger partial charge in [0.25, 0.3) is 17.8 Å². The Hall–Kier alpha value is -2.37. The molecule has 0 unspecified atom stereocenters. The number of carbonyl (C=O) groups is 1. The number of para-hydroxylation sites is 1. The standard InChI is InChI=1S/C9H7N3O3/c10-9(14)6-3-1-2-4-7(6)12-5-8(13)15-11-12/h1-5H,(H2-,10,11,13,14)/p+1. The van der Waals surface area contributed by atoms with Crippen LogP contribution in [0.5, 0.6) is 0 Å². The summed E-state index contributed by atoms with van der Waals surface area (Å²) in [4.78, 5) is 21.9. The first-order valence-electron chi connectivity index (χ1n) is 4.18. The highest BCUT2D eigenvalue weighted by atomic mass is 16.5. The second-order valence-corrected chi connectivity index (χ2v) is 2.89. The van der Waals surface area contributed by atoms with Crippen molar-refractivity contribution < 1.29 is 14.0 Å². The van der Waals surface area contributed by atoms with Gasteiger partial charge in [0.2, 0.25) is 0 Å². The second kappa shape index (κ2) is 3.41. The Balaban J connectivity index is 2.62. The Labute approximate surface area is 83.9 Å². The summed E-state index contributed by atoms with van der Waals surface area (Å²) in [6.07, 6.45) is 1.18. The SMILES string of the molecule is NC(=O)c1ccccc1-[n+]1cc(=O)o[nH]1. The van der Waals surface area contributed by atoms with E-state index < -0.39 is 11.5 Å². The number of aromatic nitrogens is 2. The van der Waals surface area contributed by atoms with Gasteiger partial charge in [-0.1, -0.05) is 12.1 Å². The number of H-pyrrole nitrogens is 1. The van der Waals surface area contributed by atoms with Crippen molar-refractivity contribution in [1.82, 2.24) is 5.27 Å². The average Bonchev–Trinajstić information content (AvgIpc) is 2.65.